The van der Waals surface area contributed by atoms with E-state index in [1.807, 2.05) is 6.07 Å². The van der Waals surface area contributed by atoms with Gasteiger partial charge in [0.05, 0.1) is 0 Å². The number of nitrogens with one attached hydrogen (secondary N) is 2. The van der Waals surface area contributed by atoms with E-state index < -0.39 is 0 Å². The molecule has 1 atom stereocenters. The SMILES string of the molecule is CC(C)Nc1cc(N(C)CC2CCNC2)ncn1. The highest BCUT2D eigenvalue weighted by atomic mass is 15.2. The topological polar surface area (TPSA) is 53.1 Å². The average molecular weight is 249 g/mol. The molecule has 0 aliphatic carbocycles. The van der Waals surface area contributed by atoms with Gasteiger partial charge in [0.25, 0.3) is 0 Å². The van der Waals surface area contributed by atoms with Crippen LogP contribution in [0.15, 0.2) is 12.4 Å². The molecule has 1 saturated heterocycles. The van der Waals surface area contributed by atoms with Gasteiger partial charge in [-0.25, -0.2) is 9.97 Å². The third kappa shape index (κ3) is 3.57. The van der Waals surface area contributed by atoms with E-state index in [0.717, 1.165) is 37.2 Å². The Labute approximate surface area is 109 Å². The van der Waals surface area contributed by atoms with Crippen molar-refractivity contribution >= 4 is 11.6 Å². The molecule has 1 aliphatic heterocycles. The van der Waals surface area contributed by atoms with Gasteiger partial charge in [-0.3, -0.25) is 0 Å². The number of anilines is 2. The zero-order valence-electron chi connectivity index (χ0n) is 11.5. The first kappa shape index (κ1) is 13.1. The summed E-state index contributed by atoms with van der Waals surface area (Å²) >= 11 is 0. The van der Waals surface area contributed by atoms with Gasteiger partial charge in [0.15, 0.2) is 0 Å². The van der Waals surface area contributed by atoms with Crippen molar-refractivity contribution in [3.63, 3.8) is 0 Å². The Kier molecular flexibility index (Phi) is 4.36. The largest absolute Gasteiger partial charge is 0.368 e. The Morgan fingerprint density at radius 1 is 1.50 bits per heavy atom. The van der Waals surface area contributed by atoms with Crippen LogP contribution in [0.1, 0.15) is 20.3 Å². The average Bonchev–Trinajstić information content (AvgIpc) is 2.81. The van der Waals surface area contributed by atoms with E-state index in [1.54, 1.807) is 6.33 Å². The molecule has 0 saturated carbocycles. The predicted octanol–water partition coefficient (Wildman–Crippen LogP) is 1.34. The van der Waals surface area contributed by atoms with Crippen molar-refractivity contribution in [2.24, 2.45) is 5.92 Å². The number of hydrogen-bond donors (Lipinski definition) is 2. The minimum Gasteiger partial charge on any atom is -0.368 e. The van der Waals surface area contributed by atoms with E-state index in [9.17, 15) is 0 Å². The van der Waals surface area contributed by atoms with Gasteiger partial charge in [0.2, 0.25) is 0 Å². The van der Waals surface area contributed by atoms with Gasteiger partial charge >= 0.3 is 0 Å². The number of rotatable bonds is 5. The van der Waals surface area contributed by atoms with E-state index in [1.165, 1.54) is 6.42 Å². The van der Waals surface area contributed by atoms with Crippen molar-refractivity contribution in [2.45, 2.75) is 26.3 Å². The first-order valence-electron chi connectivity index (χ1n) is 6.65. The number of hydrogen-bond acceptors (Lipinski definition) is 5. The molecule has 5 heteroatoms. The molecule has 18 heavy (non-hydrogen) atoms. The molecule has 100 valence electrons. The highest BCUT2D eigenvalue weighted by Crippen LogP contribution is 2.16. The molecule has 1 aliphatic rings. The molecule has 1 aromatic heterocycles. The van der Waals surface area contributed by atoms with Crippen LogP contribution in [0.3, 0.4) is 0 Å². The monoisotopic (exact) mass is 249 g/mol. The summed E-state index contributed by atoms with van der Waals surface area (Å²) in [6.45, 7) is 7.52. The number of aromatic nitrogens is 2. The Morgan fingerprint density at radius 3 is 3.00 bits per heavy atom. The maximum atomic E-state index is 4.34. The van der Waals surface area contributed by atoms with Gasteiger partial charge in [0.1, 0.15) is 18.0 Å². The molecule has 1 aromatic rings. The highest BCUT2D eigenvalue weighted by Gasteiger charge is 2.17. The summed E-state index contributed by atoms with van der Waals surface area (Å²) in [5.74, 6) is 2.61. The fourth-order valence-electron chi connectivity index (χ4n) is 2.28. The van der Waals surface area contributed by atoms with Crippen LogP contribution in [0.25, 0.3) is 0 Å². The maximum Gasteiger partial charge on any atom is 0.133 e. The Morgan fingerprint density at radius 2 is 2.33 bits per heavy atom. The van der Waals surface area contributed by atoms with Crippen LogP contribution in [0.2, 0.25) is 0 Å². The third-order valence-electron chi connectivity index (χ3n) is 3.17. The fraction of sp³-hybridized carbons (Fsp3) is 0.692. The molecular formula is C13H23N5. The van der Waals surface area contributed by atoms with Crippen molar-refractivity contribution in [2.75, 3.05) is 36.9 Å². The van der Waals surface area contributed by atoms with Gasteiger partial charge in [-0.15, -0.1) is 0 Å². The van der Waals surface area contributed by atoms with Crippen LogP contribution >= 0.6 is 0 Å². The van der Waals surface area contributed by atoms with Crippen molar-refractivity contribution in [3.05, 3.63) is 12.4 Å². The molecule has 0 spiro atoms. The van der Waals surface area contributed by atoms with Gasteiger partial charge in [-0.05, 0) is 39.3 Å². The van der Waals surface area contributed by atoms with Crippen LogP contribution in [0.5, 0.6) is 0 Å². The standard InChI is InChI=1S/C13H23N5/c1-10(2)17-12-6-13(16-9-15-12)18(3)8-11-4-5-14-7-11/h6,9-11,14H,4-5,7-8H2,1-3H3,(H,15,16,17). The van der Waals surface area contributed by atoms with Gasteiger partial charge < -0.3 is 15.5 Å². The van der Waals surface area contributed by atoms with Crippen molar-refractivity contribution in [1.82, 2.24) is 15.3 Å². The summed E-state index contributed by atoms with van der Waals surface area (Å²) in [4.78, 5) is 10.8. The van der Waals surface area contributed by atoms with Crippen molar-refractivity contribution in [3.8, 4) is 0 Å². The summed E-state index contributed by atoms with van der Waals surface area (Å²) in [5, 5.41) is 6.70. The molecule has 0 radical (unpaired) electrons. The van der Waals surface area contributed by atoms with Crippen molar-refractivity contribution < 1.29 is 0 Å². The minimum atomic E-state index is 0.386. The molecule has 1 unspecified atom stereocenters. The normalized spacial score (nSPS) is 19.2. The maximum absolute atomic E-state index is 4.34. The quantitative estimate of drug-likeness (QED) is 0.825. The molecule has 2 N–H and O–H groups in total. The smallest absolute Gasteiger partial charge is 0.133 e. The van der Waals surface area contributed by atoms with Gasteiger partial charge in [-0.2, -0.15) is 0 Å². The Hall–Kier alpha value is -1.36. The zero-order valence-corrected chi connectivity index (χ0v) is 11.5. The third-order valence-corrected chi connectivity index (χ3v) is 3.17. The second-order valence-electron chi connectivity index (χ2n) is 5.30. The van der Waals surface area contributed by atoms with Crippen LogP contribution in [-0.2, 0) is 0 Å². The molecule has 0 aromatic carbocycles. The molecule has 5 nitrogen and oxygen atoms in total. The van der Waals surface area contributed by atoms with Crippen LogP contribution in [0.4, 0.5) is 11.6 Å². The summed E-state index contributed by atoms with van der Waals surface area (Å²) < 4.78 is 0. The van der Waals surface area contributed by atoms with Crippen LogP contribution in [-0.4, -0.2) is 42.7 Å². The lowest BCUT2D eigenvalue weighted by molar-refractivity contribution is 0.575. The molecule has 0 amide bonds. The summed E-state index contributed by atoms with van der Waals surface area (Å²) in [7, 11) is 2.10. The lowest BCUT2D eigenvalue weighted by atomic mass is 10.1. The minimum absolute atomic E-state index is 0.386. The second-order valence-corrected chi connectivity index (χ2v) is 5.30. The van der Waals surface area contributed by atoms with Crippen LogP contribution in [0, 0.1) is 5.92 Å². The van der Waals surface area contributed by atoms with E-state index in [0.29, 0.717) is 6.04 Å². The summed E-state index contributed by atoms with van der Waals surface area (Å²) in [6.07, 6.45) is 2.88. The molecule has 2 heterocycles. The summed E-state index contributed by atoms with van der Waals surface area (Å²) in [5.41, 5.74) is 0. The number of nitrogens with zero attached hydrogens (tertiary/aromatic N) is 3. The fourth-order valence-corrected chi connectivity index (χ4v) is 2.28. The summed E-state index contributed by atoms with van der Waals surface area (Å²) in [6, 6.07) is 2.40. The molecular weight excluding hydrogens is 226 g/mol. The van der Waals surface area contributed by atoms with Gasteiger partial charge in [0, 0.05) is 25.7 Å². The predicted molar refractivity (Wildman–Crippen MR) is 75.0 cm³/mol. The van der Waals surface area contributed by atoms with E-state index in [-0.39, 0.29) is 0 Å². The molecule has 0 bridgehead atoms. The second kappa shape index (κ2) is 6.00. The first-order chi connectivity index (χ1) is 8.65. The Balaban J connectivity index is 1.98. The van der Waals surface area contributed by atoms with E-state index >= 15 is 0 Å². The van der Waals surface area contributed by atoms with E-state index in [4.69, 9.17) is 0 Å². The lowest BCUT2D eigenvalue weighted by Gasteiger charge is -2.22. The molecule has 1 fully saturated rings. The Bertz CT molecular complexity index is 373. The molecule has 2 rings (SSSR count). The van der Waals surface area contributed by atoms with Crippen LogP contribution < -0.4 is 15.5 Å². The zero-order chi connectivity index (χ0) is 13.0. The van der Waals surface area contributed by atoms with Gasteiger partial charge in [-0.1, -0.05) is 0 Å². The van der Waals surface area contributed by atoms with Crippen molar-refractivity contribution in [1.29, 1.82) is 0 Å². The lowest BCUT2D eigenvalue weighted by Crippen LogP contribution is -2.27. The highest BCUT2D eigenvalue weighted by molar-refractivity contribution is 5.48. The van der Waals surface area contributed by atoms with E-state index in [2.05, 4.69) is 46.4 Å². The first-order valence-corrected chi connectivity index (χ1v) is 6.65.